The Morgan fingerprint density at radius 3 is 2.53 bits per heavy atom. The molecule has 0 saturated carbocycles. The van der Waals surface area contributed by atoms with E-state index in [1.165, 1.54) is 13.2 Å². The van der Waals surface area contributed by atoms with Crippen LogP contribution >= 0.6 is 0 Å². The SMILES string of the molecule is COc1cccc(C(=O)NOC(C)(C)C)c1O. The summed E-state index contributed by atoms with van der Waals surface area (Å²) in [5, 5.41) is 9.75. The first-order chi connectivity index (χ1) is 7.85. The molecule has 0 spiro atoms. The number of hydrogen-bond acceptors (Lipinski definition) is 4. The molecule has 1 aromatic rings. The molecule has 0 atom stereocenters. The first-order valence-corrected chi connectivity index (χ1v) is 5.19. The van der Waals surface area contributed by atoms with Gasteiger partial charge in [0.05, 0.1) is 18.3 Å². The molecule has 5 nitrogen and oxygen atoms in total. The largest absolute Gasteiger partial charge is 0.504 e. The van der Waals surface area contributed by atoms with E-state index in [0.29, 0.717) is 0 Å². The van der Waals surface area contributed by atoms with Gasteiger partial charge in [0.25, 0.3) is 5.91 Å². The second kappa shape index (κ2) is 5.05. The van der Waals surface area contributed by atoms with E-state index in [1.807, 2.05) is 0 Å². The van der Waals surface area contributed by atoms with Crippen LogP contribution in [0.3, 0.4) is 0 Å². The van der Waals surface area contributed by atoms with Gasteiger partial charge in [-0.2, -0.15) is 0 Å². The van der Waals surface area contributed by atoms with Gasteiger partial charge in [0.1, 0.15) is 0 Å². The minimum Gasteiger partial charge on any atom is -0.504 e. The third-order valence-electron chi connectivity index (χ3n) is 1.91. The van der Waals surface area contributed by atoms with Crippen molar-refractivity contribution in [2.45, 2.75) is 26.4 Å². The predicted octanol–water partition coefficient (Wildman–Crippen LogP) is 1.86. The summed E-state index contributed by atoms with van der Waals surface area (Å²) in [6.07, 6.45) is 0. The topological polar surface area (TPSA) is 67.8 Å². The summed E-state index contributed by atoms with van der Waals surface area (Å²) in [7, 11) is 1.42. The van der Waals surface area contributed by atoms with Crippen molar-refractivity contribution in [2.75, 3.05) is 7.11 Å². The van der Waals surface area contributed by atoms with Crippen LogP contribution in [0.5, 0.6) is 11.5 Å². The summed E-state index contributed by atoms with van der Waals surface area (Å²) in [5.74, 6) is -0.477. The van der Waals surface area contributed by atoms with Crippen LogP contribution in [0.1, 0.15) is 31.1 Å². The molecule has 0 fully saturated rings. The van der Waals surface area contributed by atoms with Crippen molar-refractivity contribution in [3.8, 4) is 11.5 Å². The van der Waals surface area contributed by atoms with Crippen LogP contribution in [0.4, 0.5) is 0 Å². The zero-order chi connectivity index (χ0) is 13.1. The van der Waals surface area contributed by atoms with Crippen molar-refractivity contribution in [1.29, 1.82) is 0 Å². The number of hydroxylamine groups is 1. The number of ether oxygens (including phenoxy) is 1. The highest BCUT2D eigenvalue weighted by Gasteiger charge is 2.18. The quantitative estimate of drug-likeness (QED) is 0.790. The van der Waals surface area contributed by atoms with E-state index in [4.69, 9.17) is 9.57 Å². The Morgan fingerprint density at radius 1 is 1.35 bits per heavy atom. The number of nitrogens with one attached hydrogen (secondary N) is 1. The smallest absolute Gasteiger partial charge is 0.278 e. The first kappa shape index (κ1) is 13.3. The van der Waals surface area contributed by atoms with E-state index in [9.17, 15) is 9.90 Å². The Kier molecular flexibility index (Phi) is 3.96. The second-order valence-corrected chi connectivity index (χ2v) is 4.50. The minimum absolute atomic E-state index is 0.105. The van der Waals surface area contributed by atoms with Gasteiger partial charge in [0.2, 0.25) is 0 Å². The Balaban J connectivity index is 2.83. The molecular formula is C12H17NO4. The third kappa shape index (κ3) is 3.64. The van der Waals surface area contributed by atoms with Crippen molar-refractivity contribution < 1.29 is 19.5 Å². The highest BCUT2D eigenvalue weighted by molar-refractivity contribution is 5.96. The Morgan fingerprint density at radius 2 is 2.00 bits per heavy atom. The molecule has 0 aliphatic heterocycles. The lowest BCUT2D eigenvalue weighted by molar-refractivity contribution is -0.0590. The van der Waals surface area contributed by atoms with Gasteiger partial charge in [-0.1, -0.05) is 6.07 Å². The molecule has 0 aliphatic carbocycles. The van der Waals surface area contributed by atoms with Crippen LogP contribution in [0.15, 0.2) is 18.2 Å². The Hall–Kier alpha value is -1.75. The molecule has 0 aliphatic rings. The summed E-state index contributed by atoms with van der Waals surface area (Å²) in [6.45, 7) is 5.41. The standard InChI is InChI=1S/C12H17NO4/c1-12(2,3)17-13-11(15)8-6-5-7-9(16-4)10(8)14/h5-7,14H,1-4H3,(H,13,15). The summed E-state index contributed by atoms with van der Waals surface area (Å²) in [5.41, 5.74) is 1.89. The number of phenols is 1. The van der Waals surface area contributed by atoms with Crippen molar-refractivity contribution in [1.82, 2.24) is 5.48 Å². The molecule has 94 valence electrons. The van der Waals surface area contributed by atoms with E-state index in [0.717, 1.165) is 0 Å². The van der Waals surface area contributed by atoms with E-state index in [-0.39, 0.29) is 17.1 Å². The highest BCUT2D eigenvalue weighted by atomic mass is 16.7. The van der Waals surface area contributed by atoms with Gasteiger partial charge >= 0.3 is 0 Å². The number of carbonyl (C=O) groups excluding carboxylic acids is 1. The van der Waals surface area contributed by atoms with Crippen molar-refractivity contribution in [2.24, 2.45) is 0 Å². The molecule has 0 radical (unpaired) electrons. The number of methoxy groups -OCH3 is 1. The van der Waals surface area contributed by atoms with E-state index in [1.54, 1.807) is 32.9 Å². The van der Waals surface area contributed by atoms with Crippen LogP contribution in [0.25, 0.3) is 0 Å². The molecule has 1 aromatic carbocycles. The number of carbonyl (C=O) groups is 1. The van der Waals surface area contributed by atoms with Crippen molar-refractivity contribution >= 4 is 5.91 Å². The zero-order valence-electron chi connectivity index (χ0n) is 10.4. The fourth-order valence-electron chi connectivity index (χ4n) is 1.12. The van der Waals surface area contributed by atoms with Gasteiger partial charge in [-0.3, -0.25) is 9.63 Å². The molecule has 2 N–H and O–H groups in total. The Labute approximate surface area is 100 Å². The number of phenolic OH excluding ortho intramolecular Hbond substituents is 1. The molecule has 17 heavy (non-hydrogen) atoms. The minimum atomic E-state index is -0.517. The molecule has 0 heterocycles. The molecule has 0 saturated heterocycles. The van der Waals surface area contributed by atoms with Gasteiger partial charge in [-0.15, -0.1) is 0 Å². The molecule has 1 rings (SSSR count). The van der Waals surface area contributed by atoms with Crippen LogP contribution < -0.4 is 10.2 Å². The van der Waals surface area contributed by atoms with E-state index < -0.39 is 11.5 Å². The maximum atomic E-state index is 11.7. The number of benzene rings is 1. The zero-order valence-corrected chi connectivity index (χ0v) is 10.4. The van der Waals surface area contributed by atoms with E-state index >= 15 is 0 Å². The van der Waals surface area contributed by atoms with Gasteiger partial charge in [-0.25, -0.2) is 5.48 Å². The normalized spacial score (nSPS) is 11.1. The summed E-state index contributed by atoms with van der Waals surface area (Å²) < 4.78 is 4.91. The second-order valence-electron chi connectivity index (χ2n) is 4.50. The summed E-state index contributed by atoms with van der Waals surface area (Å²) in [4.78, 5) is 16.9. The number of para-hydroxylation sites is 1. The number of rotatable bonds is 3. The summed E-state index contributed by atoms with van der Waals surface area (Å²) in [6, 6.07) is 4.67. The molecule has 5 heteroatoms. The number of aromatic hydroxyl groups is 1. The van der Waals surface area contributed by atoms with Crippen LogP contribution in [0.2, 0.25) is 0 Å². The molecular weight excluding hydrogens is 222 g/mol. The molecule has 0 unspecified atom stereocenters. The lowest BCUT2D eigenvalue weighted by Crippen LogP contribution is -2.33. The maximum Gasteiger partial charge on any atom is 0.278 e. The predicted molar refractivity (Wildman–Crippen MR) is 63.0 cm³/mol. The van der Waals surface area contributed by atoms with Gasteiger partial charge < -0.3 is 9.84 Å². The average molecular weight is 239 g/mol. The fourth-order valence-corrected chi connectivity index (χ4v) is 1.12. The fraction of sp³-hybridized carbons (Fsp3) is 0.417. The van der Waals surface area contributed by atoms with E-state index in [2.05, 4.69) is 5.48 Å². The Bertz CT molecular complexity index is 409. The molecule has 0 bridgehead atoms. The van der Waals surface area contributed by atoms with Crippen molar-refractivity contribution in [3.05, 3.63) is 23.8 Å². The third-order valence-corrected chi connectivity index (χ3v) is 1.91. The number of amides is 1. The lowest BCUT2D eigenvalue weighted by atomic mass is 10.2. The first-order valence-electron chi connectivity index (χ1n) is 5.19. The maximum absolute atomic E-state index is 11.7. The number of hydrogen-bond donors (Lipinski definition) is 2. The van der Waals surface area contributed by atoms with Gasteiger partial charge in [0.15, 0.2) is 11.5 Å². The average Bonchev–Trinajstić information content (AvgIpc) is 2.25. The van der Waals surface area contributed by atoms with Gasteiger partial charge in [0, 0.05) is 0 Å². The molecule has 1 amide bonds. The summed E-state index contributed by atoms with van der Waals surface area (Å²) >= 11 is 0. The van der Waals surface area contributed by atoms with Crippen LogP contribution in [-0.2, 0) is 4.84 Å². The van der Waals surface area contributed by atoms with Crippen LogP contribution in [0, 0.1) is 0 Å². The van der Waals surface area contributed by atoms with Crippen molar-refractivity contribution in [3.63, 3.8) is 0 Å². The van der Waals surface area contributed by atoms with Gasteiger partial charge in [-0.05, 0) is 32.9 Å². The lowest BCUT2D eigenvalue weighted by Gasteiger charge is -2.19. The van der Waals surface area contributed by atoms with Crippen LogP contribution in [-0.4, -0.2) is 23.7 Å². The molecule has 0 aromatic heterocycles. The monoisotopic (exact) mass is 239 g/mol. The highest BCUT2D eigenvalue weighted by Crippen LogP contribution is 2.29.